The first-order valence-corrected chi connectivity index (χ1v) is 7.63. The molecule has 0 amide bonds. The Morgan fingerprint density at radius 2 is 2.05 bits per heavy atom. The van der Waals surface area contributed by atoms with Crippen LogP contribution >= 0.6 is 35.3 Å². The van der Waals surface area contributed by atoms with Crippen LogP contribution in [0.2, 0.25) is 0 Å². The van der Waals surface area contributed by atoms with Crippen molar-refractivity contribution in [1.82, 2.24) is 10.6 Å². The van der Waals surface area contributed by atoms with Gasteiger partial charge in [-0.15, -0.1) is 35.3 Å². The molecule has 0 radical (unpaired) electrons. The zero-order valence-electron chi connectivity index (χ0n) is 12.2. The molecule has 0 aliphatic carbocycles. The number of thiophene rings is 1. The van der Waals surface area contributed by atoms with Crippen molar-refractivity contribution in [1.29, 1.82) is 0 Å². The van der Waals surface area contributed by atoms with Crippen LogP contribution in [0.1, 0.15) is 43.0 Å². The van der Waals surface area contributed by atoms with Crippen LogP contribution in [0.25, 0.3) is 0 Å². The van der Waals surface area contributed by atoms with Gasteiger partial charge in [-0.1, -0.05) is 26.2 Å². The Balaban J connectivity index is 0.00000324. The van der Waals surface area contributed by atoms with Crippen LogP contribution in [-0.4, -0.2) is 19.6 Å². The molecule has 1 rings (SSSR count). The number of aryl methyl sites for hydroxylation is 1. The average Bonchev–Trinajstić information content (AvgIpc) is 2.78. The second-order valence-electron chi connectivity index (χ2n) is 4.44. The third kappa shape index (κ3) is 7.77. The quantitative estimate of drug-likeness (QED) is 0.318. The van der Waals surface area contributed by atoms with Crippen LogP contribution in [-0.2, 0) is 6.54 Å². The SMILES string of the molecule is CCCCCCNC(=NC)NCc1sccc1C.I. The number of aliphatic imine (C=N–C) groups is 1. The zero-order valence-corrected chi connectivity index (χ0v) is 15.3. The average molecular weight is 395 g/mol. The molecule has 0 aliphatic rings. The van der Waals surface area contributed by atoms with Crippen LogP contribution in [0.4, 0.5) is 0 Å². The van der Waals surface area contributed by atoms with Gasteiger partial charge in [0.1, 0.15) is 0 Å². The highest BCUT2D eigenvalue weighted by Crippen LogP contribution is 2.14. The summed E-state index contributed by atoms with van der Waals surface area (Å²) < 4.78 is 0. The van der Waals surface area contributed by atoms with Crippen molar-refractivity contribution < 1.29 is 0 Å². The van der Waals surface area contributed by atoms with Crippen LogP contribution in [0.15, 0.2) is 16.4 Å². The molecule has 0 spiro atoms. The molecular weight excluding hydrogens is 369 g/mol. The Kier molecular flexibility index (Phi) is 11.3. The second kappa shape index (κ2) is 11.5. The topological polar surface area (TPSA) is 36.4 Å². The van der Waals surface area contributed by atoms with Crippen LogP contribution < -0.4 is 10.6 Å². The van der Waals surface area contributed by atoms with E-state index in [-0.39, 0.29) is 24.0 Å². The maximum atomic E-state index is 4.23. The smallest absolute Gasteiger partial charge is 0.191 e. The number of unbranched alkanes of at least 4 members (excludes halogenated alkanes) is 3. The fourth-order valence-corrected chi connectivity index (χ4v) is 2.57. The Morgan fingerprint density at radius 1 is 1.26 bits per heavy atom. The lowest BCUT2D eigenvalue weighted by atomic mass is 10.2. The molecule has 0 saturated heterocycles. The number of rotatable bonds is 7. The fourth-order valence-electron chi connectivity index (χ4n) is 1.73. The summed E-state index contributed by atoms with van der Waals surface area (Å²) in [5.41, 5.74) is 1.35. The number of hydrogen-bond acceptors (Lipinski definition) is 2. The van der Waals surface area contributed by atoms with E-state index in [0.29, 0.717) is 0 Å². The van der Waals surface area contributed by atoms with E-state index in [1.807, 2.05) is 7.05 Å². The summed E-state index contributed by atoms with van der Waals surface area (Å²) >= 11 is 1.79. The van der Waals surface area contributed by atoms with Gasteiger partial charge in [-0.2, -0.15) is 0 Å². The molecule has 0 fully saturated rings. The number of hydrogen-bond donors (Lipinski definition) is 2. The minimum Gasteiger partial charge on any atom is -0.356 e. The van der Waals surface area contributed by atoms with Gasteiger partial charge in [0.2, 0.25) is 0 Å². The maximum Gasteiger partial charge on any atom is 0.191 e. The molecule has 2 N–H and O–H groups in total. The van der Waals surface area contributed by atoms with E-state index in [1.54, 1.807) is 11.3 Å². The molecule has 0 aliphatic heterocycles. The molecule has 5 heteroatoms. The lowest BCUT2D eigenvalue weighted by molar-refractivity contribution is 0.647. The first kappa shape index (κ1) is 18.7. The van der Waals surface area contributed by atoms with Gasteiger partial charge in [-0.25, -0.2) is 0 Å². The van der Waals surface area contributed by atoms with E-state index in [9.17, 15) is 0 Å². The molecule has 110 valence electrons. The molecule has 0 aromatic carbocycles. The molecule has 0 unspecified atom stereocenters. The fraction of sp³-hybridized carbons (Fsp3) is 0.643. The summed E-state index contributed by atoms with van der Waals surface area (Å²) in [7, 11) is 1.82. The van der Waals surface area contributed by atoms with Crippen LogP contribution in [0, 0.1) is 6.92 Å². The Bertz CT molecular complexity index is 363. The number of nitrogens with zero attached hydrogens (tertiary/aromatic N) is 1. The van der Waals surface area contributed by atoms with Crippen molar-refractivity contribution in [2.24, 2.45) is 4.99 Å². The van der Waals surface area contributed by atoms with Crippen molar-refractivity contribution >= 4 is 41.3 Å². The zero-order chi connectivity index (χ0) is 13.2. The van der Waals surface area contributed by atoms with Crippen molar-refractivity contribution in [2.75, 3.05) is 13.6 Å². The van der Waals surface area contributed by atoms with Gasteiger partial charge >= 0.3 is 0 Å². The van der Waals surface area contributed by atoms with E-state index in [0.717, 1.165) is 19.0 Å². The summed E-state index contributed by atoms with van der Waals surface area (Å²) in [4.78, 5) is 5.61. The van der Waals surface area contributed by atoms with Gasteiger partial charge in [0.25, 0.3) is 0 Å². The molecule has 1 aromatic rings. The summed E-state index contributed by atoms with van der Waals surface area (Å²) in [6.45, 7) is 6.24. The van der Waals surface area contributed by atoms with E-state index >= 15 is 0 Å². The summed E-state index contributed by atoms with van der Waals surface area (Å²) in [5, 5.41) is 8.84. The molecule has 1 aromatic heterocycles. The van der Waals surface area contributed by atoms with Crippen LogP contribution in [0.5, 0.6) is 0 Å². The highest BCUT2D eigenvalue weighted by atomic mass is 127. The highest BCUT2D eigenvalue weighted by Gasteiger charge is 2.01. The van der Waals surface area contributed by atoms with E-state index in [2.05, 4.69) is 40.9 Å². The first-order chi connectivity index (χ1) is 8.77. The summed E-state index contributed by atoms with van der Waals surface area (Å²) in [6.07, 6.45) is 5.11. The lowest BCUT2D eigenvalue weighted by Crippen LogP contribution is -2.37. The summed E-state index contributed by atoms with van der Waals surface area (Å²) in [5.74, 6) is 0.902. The maximum absolute atomic E-state index is 4.23. The van der Waals surface area contributed by atoms with Gasteiger partial charge in [0.05, 0.1) is 6.54 Å². The van der Waals surface area contributed by atoms with E-state index < -0.39 is 0 Å². The predicted octanol–water partition coefficient (Wildman–Crippen LogP) is 3.92. The summed E-state index contributed by atoms with van der Waals surface area (Å²) in [6, 6.07) is 2.16. The Morgan fingerprint density at radius 3 is 2.63 bits per heavy atom. The van der Waals surface area contributed by atoms with Gasteiger partial charge < -0.3 is 10.6 Å². The number of halogens is 1. The Labute approximate surface area is 138 Å². The Hall–Kier alpha value is -0.300. The first-order valence-electron chi connectivity index (χ1n) is 6.75. The van der Waals surface area contributed by atoms with Crippen LogP contribution in [0.3, 0.4) is 0 Å². The molecule has 0 saturated carbocycles. The minimum atomic E-state index is 0. The lowest BCUT2D eigenvalue weighted by Gasteiger charge is -2.11. The largest absolute Gasteiger partial charge is 0.356 e. The number of nitrogens with one attached hydrogen (secondary N) is 2. The normalized spacial score (nSPS) is 11.0. The van der Waals surface area contributed by atoms with Gasteiger partial charge in [0.15, 0.2) is 5.96 Å². The van der Waals surface area contributed by atoms with E-state index in [1.165, 1.54) is 36.1 Å². The molecule has 1 heterocycles. The second-order valence-corrected chi connectivity index (χ2v) is 5.44. The minimum absolute atomic E-state index is 0. The molecule has 19 heavy (non-hydrogen) atoms. The number of guanidine groups is 1. The highest BCUT2D eigenvalue weighted by molar-refractivity contribution is 14.0. The third-order valence-electron chi connectivity index (χ3n) is 2.93. The van der Waals surface area contributed by atoms with Gasteiger partial charge in [-0.05, 0) is 30.4 Å². The molecule has 3 nitrogen and oxygen atoms in total. The third-order valence-corrected chi connectivity index (χ3v) is 3.95. The van der Waals surface area contributed by atoms with Crippen molar-refractivity contribution in [3.63, 3.8) is 0 Å². The molecular formula is C14H26IN3S. The standard InChI is InChI=1S/C14H25N3S.HI/c1-4-5-6-7-9-16-14(15-3)17-11-13-12(2)8-10-18-13;/h8,10H,4-7,9,11H2,1-3H3,(H2,15,16,17);1H. The van der Waals surface area contributed by atoms with Gasteiger partial charge in [-0.3, -0.25) is 4.99 Å². The monoisotopic (exact) mass is 395 g/mol. The van der Waals surface area contributed by atoms with Crippen molar-refractivity contribution in [3.05, 3.63) is 21.9 Å². The van der Waals surface area contributed by atoms with Crippen molar-refractivity contribution in [3.8, 4) is 0 Å². The van der Waals surface area contributed by atoms with Crippen molar-refractivity contribution in [2.45, 2.75) is 46.1 Å². The predicted molar refractivity (Wildman–Crippen MR) is 96.8 cm³/mol. The molecule has 0 atom stereocenters. The molecule has 0 bridgehead atoms. The van der Waals surface area contributed by atoms with E-state index in [4.69, 9.17) is 0 Å². The van der Waals surface area contributed by atoms with Gasteiger partial charge in [0, 0.05) is 18.5 Å².